The SMILES string of the molecule is C=C(C)C[C@H](NC(=O)c1cccc(Br)c1)C(=O)O. The number of amides is 1. The van der Waals surface area contributed by atoms with Gasteiger partial charge in [0, 0.05) is 10.0 Å². The number of aliphatic carboxylic acids is 1. The van der Waals surface area contributed by atoms with Gasteiger partial charge >= 0.3 is 5.97 Å². The Morgan fingerprint density at radius 2 is 2.17 bits per heavy atom. The molecule has 0 spiro atoms. The number of carboxylic acid groups (broad SMARTS) is 1. The molecule has 96 valence electrons. The fourth-order valence-electron chi connectivity index (χ4n) is 1.42. The summed E-state index contributed by atoms with van der Waals surface area (Å²) in [5.41, 5.74) is 1.12. The third-order valence-electron chi connectivity index (χ3n) is 2.24. The molecule has 1 aromatic carbocycles. The molecule has 0 saturated heterocycles. The Morgan fingerprint density at radius 3 is 2.67 bits per heavy atom. The summed E-state index contributed by atoms with van der Waals surface area (Å²) in [4.78, 5) is 22.9. The number of carboxylic acids is 1. The van der Waals surface area contributed by atoms with E-state index in [-0.39, 0.29) is 6.42 Å². The summed E-state index contributed by atoms with van der Waals surface area (Å²) in [6.45, 7) is 5.37. The molecule has 0 saturated carbocycles. The molecule has 1 rings (SSSR count). The van der Waals surface area contributed by atoms with E-state index in [9.17, 15) is 9.59 Å². The number of nitrogens with one attached hydrogen (secondary N) is 1. The van der Waals surface area contributed by atoms with Gasteiger partial charge in [-0.3, -0.25) is 4.79 Å². The summed E-state index contributed by atoms with van der Waals surface area (Å²) in [7, 11) is 0. The monoisotopic (exact) mass is 311 g/mol. The molecule has 18 heavy (non-hydrogen) atoms. The van der Waals surface area contributed by atoms with E-state index < -0.39 is 17.9 Å². The third kappa shape index (κ3) is 4.33. The molecule has 0 fully saturated rings. The molecule has 0 aliphatic heterocycles. The average Bonchev–Trinajstić information content (AvgIpc) is 2.27. The van der Waals surface area contributed by atoms with E-state index in [2.05, 4.69) is 27.8 Å². The van der Waals surface area contributed by atoms with E-state index in [0.717, 1.165) is 4.47 Å². The molecule has 5 heteroatoms. The van der Waals surface area contributed by atoms with E-state index >= 15 is 0 Å². The van der Waals surface area contributed by atoms with Gasteiger partial charge in [0.15, 0.2) is 0 Å². The molecule has 2 N–H and O–H groups in total. The number of halogens is 1. The predicted molar refractivity (Wildman–Crippen MR) is 72.5 cm³/mol. The van der Waals surface area contributed by atoms with Crippen LogP contribution in [0.2, 0.25) is 0 Å². The zero-order valence-electron chi connectivity index (χ0n) is 9.94. The van der Waals surface area contributed by atoms with E-state index in [1.807, 2.05) is 0 Å². The second-order valence-corrected chi connectivity index (χ2v) is 4.95. The normalized spacial score (nSPS) is 11.7. The predicted octanol–water partition coefficient (Wildman–Crippen LogP) is 2.60. The van der Waals surface area contributed by atoms with Crippen molar-refractivity contribution in [2.45, 2.75) is 19.4 Å². The molecule has 0 radical (unpaired) electrons. The molecule has 0 aliphatic rings. The van der Waals surface area contributed by atoms with Gasteiger partial charge in [-0.1, -0.05) is 27.6 Å². The molecular weight excluding hydrogens is 298 g/mol. The number of carbonyl (C=O) groups excluding carboxylic acids is 1. The highest BCUT2D eigenvalue weighted by atomic mass is 79.9. The molecule has 1 atom stereocenters. The Bertz CT molecular complexity index is 485. The summed E-state index contributed by atoms with van der Waals surface area (Å²) in [6, 6.07) is 5.82. The highest BCUT2D eigenvalue weighted by molar-refractivity contribution is 9.10. The Labute approximate surface area is 114 Å². The number of hydrogen-bond acceptors (Lipinski definition) is 2. The smallest absolute Gasteiger partial charge is 0.326 e. The second kappa shape index (κ2) is 6.35. The van der Waals surface area contributed by atoms with Crippen molar-refractivity contribution in [2.24, 2.45) is 0 Å². The van der Waals surface area contributed by atoms with E-state index in [4.69, 9.17) is 5.11 Å². The number of rotatable bonds is 5. The highest BCUT2D eigenvalue weighted by Crippen LogP contribution is 2.12. The van der Waals surface area contributed by atoms with Crippen LogP contribution in [0.4, 0.5) is 0 Å². The first-order valence-corrected chi connectivity index (χ1v) is 6.13. The number of carbonyl (C=O) groups is 2. The Hall–Kier alpha value is -1.62. The molecule has 4 nitrogen and oxygen atoms in total. The van der Waals surface area contributed by atoms with E-state index in [1.165, 1.54) is 0 Å². The van der Waals surface area contributed by atoms with Crippen LogP contribution in [0.1, 0.15) is 23.7 Å². The van der Waals surface area contributed by atoms with Gasteiger partial charge in [-0.05, 0) is 31.5 Å². The summed E-state index contributed by atoms with van der Waals surface area (Å²) in [5.74, 6) is -1.48. The van der Waals surface area contributed by atoms with Gasteiger partial charge in [0.05, 0.1) is 0 Å². The molecule has 0 heterocycles. The molecule has 1 amide bonds. The number of hydrogen-bond donors (Lipinski definition) is 2. The van der Waals surface area contributed by atoms with Crippen molar-refractivity contribution in [1.29, 1.82) is 0 Å². The molecule has 0 bridgehead atoms. The van der Waals surface area contributed by atoms with Crippen LogP contribution in [0.15, 0.2) is 40.9 Å². The summed E-state index contributed by atoms with van der Waals surface area (Å²) < 4.78 is 0.766. The summed E-state index contributed by atoms with van der Waals surface area (Å²) >= 11 is 3.26. The zero-order chi connectivity index (χ0) is 13.7. The van der Waals surface area contributed by atoms with Gasteiger partial charge in [-0.25, -0.2) is 4.79 Å². The van der Waals surface area contributed by atoms with Crippen molar-refractivity contribution in [3.63, 3.8) is 0 Å². The lowest BCUT2D eigenvalue weighted by atomic mass is 10.1. The third-order valence-corrected chi connectivity index (χ3v) is 2.74. The van der Waals surface area contributed by atoms with Crippen LogP contribution in [-0.2, 0) is 4.79 Å². The topological polar surface area (TPSA) is 66.4 Å². The van der Waals surface area contributed by atoms with Gasteiger partial charge in [0.2, 0.25) is 0 Å². The van der Waals surface area contributed by atoms with Crippen LogP contribution >= 0.6 is 15.9 Å². The quantitative estimate of drug-likeness (QED) is 0.821. The van der Waals surface area contributed by atoms with Crippen LogP contribution in [0.3, 0.4) is 0 Å². The Balaban J connectivity index is 2.78. The molecule has 0 aromatic heterocycles. The van der Waals surface area contributed by atoms with Crippen molar-refractivity contribution in [2.75, 3.05) is 0 Å². The van der Waals surface area contributed by atoms with Gasteiger partial charge in [-0.2, -0.15) is 0 Å². The standard InChI is InChI=1S/C13H14BrNO3/c1-8(2)6-11(13(17)18)15-12(16)9-4-3-5-10(14)7-9/h3-5,7,11H,1,6H2,2H3,(H,15,16)(H,17,18)/t11-/m0/s1. The molecule has 0 unspecified atom stereocenters. The second-order valence-electron chi connectivity index (χ2n) is 4.04. The fourth-order valence-corrected chi connectivity index (χ4v) is 1.82. The fraction of sp³-hybridized carbons (Fsp3) is 0.231. The van der Waals surface area contributed by atoms with Crippen LogP contribution in [0.5, 0.6) is 0 Å². The van der Waals surface area contributed by atoms with Gasteiger partial charge in [-0.15, -0.1) is 6.58 Å². The summed E-state index contributed by atoms with van der Waals surface area (Å²) in [6.07, 6.45) is 0.217. The van der Waals surface area contributed by atoms with Gasteiger partial charge in [0.25, 0.3) is 5.91 Å². The van der Waals surface area contributed by atoms with Gasteiger partial charge in [0.1, 0.15) is 6.04 Å². The maximum atomic E-state index is 11.9. The zero-order valence-corrected chi connectivity index (χ0v) is 11.5. The summed E-state index contributed by atoms with van der Waals surface area (Å²) in [5, 5.41) is 11.5. The lowest BCUT2D eigenvalue weighted by molar-refractivity contribution is -0.139. The van der Waals surface area contributed by atoms with Crippen molar-refractivity contribution < 1.29 is 14.7 Å². The lowest BCUT2D eigenvalue weighted by Crippen LogP contribution is -2.40. The first kappa shape index (κ1) is 14.4. The lowest BCUT2D eigenvalue weighted by Gasteiger charge is -2.14. The minimum Gasteiger partial charge on any atom is -0.480 e. The first-order chi connectivity index (χ1) is 8.40. The molecule has 1 aromatic rings. The van der Waals surface area contributed by atoms with Crippen molar-refractivity contribution >= 4 is 27.8 Å². The molecular formula is C13H14BrNO3. The van der Waals surface area contributed by atoms with E-state index in [1.54, 1.807) is 31.2 Å². The number of benzene rings is 1. The van der Waals surface area contributed by atoms with Crippen molar-refractivity contribution in [3.05, 3.63) is 46.5 Å². The largest absolute Gasteiger partial charge is 0.480 e. The van der Waals surface area contributed by atoms with E-state index in [0.29, 0.717) is 11.1 Å². The van der Waals surface area contributed by atoms with Crippen LogP contribution in [0, 0.1) is 0 Å². The Kier molecular flexibility index (Phi) is 5.09. The minimum absolute atomic E-state index is 0.217. The average molecular weight is 312 g/mol. The van der Waals surface area contributed by atoms with Gasteiger partial charge < -0.3 is 10.4 Å². The van der Waals surface area contributed by atoms with Crippen molar-refractivity contribution in [1.82, 2.24) is 5.32 Å². The maximum absolute atomic E-state index is 11.9. The molecule has 0 aliphatic carbocycles. The highest BCUT2D eigenvalue weighted by Gasteiger charge is 2.20. The maximum Gasteiger partial charge on any atom is 0.326 e. The van der Waals surface area contributed by atoms with Crippen LogP contribution in [-0.4, -0.2) is 23.0 Å². The first-order valence-electron chi connectivity index (χ1n) is 5.33. The Morgan fingerprint density at radius 1 is 1.50 bits per heavy atom. The van der Waals surface area contributed by atoms with Crippen LogP contribution < -0.4 is 5.32 Å². The van der Waals surface area contributed by atoms with Crippen LogP contribution in [0.25, 0.3) is 0 Å². The minimum atomic E-state index is -1.07. The van der Waals surface area contributed by atoms with Crippen molar-refractivity contribution in [3.8, 4) is 0 Å².